The lowest BCUT2D eigenvalue weighted by atomic mass is 10.1. The molecule has 3 rings (SSSR count). The van der Waals surface area contributed by atoms with Gasteiger partial charge in [0.15, 0.2) is 0 Å². The Balaban J connectivity index is 1.67. The third kappa shape index (κ3) is 5.25. The summed E-state index contributed by atoms with van der Waals surface area (Å²) in [5, 5.41) is 0. The van der Waals surface area contributed by atoms with E-state index in [1.54, 1.807) is 0 Å². The number of benzene rings is 1. The predicted octanol–water partition coefficient (Wildman–Crippen LogP) is 2.70. The number of anilines is 1. The van der Waals surface area contributed by atoms with Gasteiger partial charge in [-0.3, -0.25) is 0 Å². The van der Waals surface area contributed by atoms with Gasteiger partial charge in [0.25, 0.3) is 0 Å². The highest BCUT2D eigenvalue weighted by Crippen LogP contribution is 2.17. The van der Waals surface area contributed by atoms with Gasteiger partial charge >= 0.3 is 0 Å². The highest BCUT2D eigenvalue weighted by molar-refractivity contribution is 7.88. The molecule has 0 radical (unpaired) electrons. The summed E-state index contributed by atoms with van der Waals surface area (Å²) in [7, 11) is -3.42. The van der Waals surface area contributed by atoms with Gasteiger partial charge in [-0.15, -0.1) is 0 Å². The van der Waals surface area contributed by atoms with Crippen LogP contribution in [0.15, 0.2) is 30.3 Å². The van der Waals surface area contributed by atoms with E-state index in [4.69, 9.17) is 0 Å². The molecule has 2 aromatic rings. The molecular formula is C19H26N4O2S. The third-order valence-corrected chi connectivity index (χ3v) is 5.74. The molecule has 1 aromatic carbocycles. The minimum absolute atomic E-state index is 0.0300. The maximum atomic E-state index is 12.4. The van der Waals surface area contributed by atoms with Crippen LogP contribution in [-0.4, -0.2) is 31.5 Å². The van der Waals surface area contributed by atoms with Gasteiger partial charge in [-0.05, 0) is 44.7 Å². The Labute approximate surface area is 155 Å². The number of aromatic nitrogens is 2. The number of nitrogens with one attached hydrogen (secondary N) is 1. The van der Waals surface area contributed by atoms with E-state index in [0.29, 0.717) is 11.6 Å². The summed E-state index contributed by atoms with van der Waals surface area (Å²) in [5.74, 6) is 0.676. The van der Waals surface area contributed by atoms with Gasteiger partial charge in [-0.2, -0.15) is 0 Å². The molecule has 7 heteroatoms. The molecule has 0 saturated carbocycles. The molecule has 6 nitrogen and oxygen atoms in total. The molecule has 0 amide bonds. The van der Waals surface area contributed by atoms with Crippen LogP contribution in [0.2, 0.25) is 0 Å². The maximum Gasteiger partial charge on any atom is 0.225 e. The summed E-state index contributed by atoms with van der Waals surface area (Å²) >= 11 is 0. The number of aryl methyl sites for hydroxylation is 2. The highest BCUT2D eigenvalue weighted by Gasteiger charge is 2.16. The molecular weight excluding hydrogens is 348 g/mol. The molecule has 1 saturated heterocycles. The van der Waals surface area contributed by atoms with Crippen molar-refractivity contribution < 1.29 is 8.42 Å². The second kappa shape index (κ2) is 8.14. The van der Waals surface area contributed by atoms with Crippen LogP contribution in [0.5, 0.6) is 0 Å². The zero-order valence-electron chi connectivity index (χ0n) is 15.4. The number of sulfonamides is 1. The fourth-order valence-electron chi connectivity index (χ4n) is 3.20. The van der Waals surface area contributed by atoms with Crippen molar-refractivity contribution in [1.82, 2.24) is 14.7 Å². The van der Waals surface area contributed by atoms with Gasteiger partial charge in [0.2, 0.25) is 16.0 Å². The average Bonchev–Trinajstić information content (AvgIpc) is 2.60. The van der Waals surface area contributed by atoms with Crippen molar-refractivity contribution in [3.8, 4) is 0 Å². The van der Waals surface area contributed by atoms with E-state index < -0.39 is 10.0 Å². The minimum atomic E-state index is -3.42. The first-order valence-electron chi connectivity index (χ1n) is 9.04. The molecule has 1 aliphatic rings. The fraction of sp³-hybridized carbons (Fsp3) is 0.474. The number of rotatable bonds is 6. The van der Waals surface area contributed by atoms with Crippen LogP contribution in [-0.2, 0) is 22.3 Å². The Morgan fingerprint density at radius 3 is 2.58 bits per heavy atom. The second-order valence-corrected chi connectivity index (χ2v) is 8.72. The van der Waals surface area contributed by atoms with Crippen LogP contribution in [0.3, 0.4) is 0 Å². The molecule has 1 aromatic heterocycles. The summed E-state index contributed by atoms with van der Waals surface area (Å²) in [6.45, 7) is 5.97. The van der Waals surface area contributed by atoms with E-state index in [-0.39, 0.29) is 12.3 Å². The number of nitrogens with zero attached hydrogens (tertiary/aromatic N) is 3. The first kappa shape index (κ1) is 18.8. The molecule has 0 aliphatic carbocycles. The molecule has 0 bridgehead atoms. The van der Waals surface area contributed by atoms with Crippen LogP contribution in [0.4, 0.5) is 5.95 Å². The van der Waals surface area contributed by atoms with Gasteiger partial charge in [0.1, 0.15) is 0 Å². The first-order chi connectivity index (χ1) is 12.4. The van der Waals surface area contributed by atoms with Crippen LogP contribution in [0.25, 0.3) is 0 Å². The maximum absolute atomic E-state index is 12.4. The summed E-state index contributed by atoms with van der Waals surface area (Å²) in [4.78, 5) is 11.3. The van der Waals surface area contributed by atoms with Crippen molar-refractivity contribution in [2.75, 3.05) is 18.0 Å². The van der Waals surface area contributed by atoms with Crippen molar-refractivity contribution >= 4 is 16.0 Å². The molecule has 0 unspecified atom stereocenters. The quantitative estimate of drug-likeness (QED) is 0.841. The molecule has 140 valence electrons. The van der Waals surface area contributed by atoms with Crippen molar-refractivity contribution in [1.29, 1.82) is 0 Å². The van der Waals surface area contributed by atoms with Crippen LogP contribution >= 0.6 is 0 Å². The highest BCUT2D eigenvalue weighted by atomic mass is 32.2. The van der Waals surface area contributed by atoms with Crippen molar-refractivity contribution in [3.63, 3.8) is 0 Å². The normalized spacial score (nSPS) is 15.2. The van der Waals surface area contributed by atoms with E-state index in [2.05, 4.69) is 19.6 Å². The number of hydrogen-bond donors (Lipinski definition) is 1. The second-order valence-electron chi connectivity index (χ2n) is 6.92. The van der Waals surface area contributed by atoms with Gasteiger partial charge < -0.3 is 4.90 Å². The molecule has 2 heterocycles. The topological polar surface area (TPSA) is 75.2 Å². The SMILES string of the molecule is Cc1cccc(CS(=O)(=O)NCc2cc(C)nc(N3CCCCC3)n2)c1. The molecule has 1 fully saturated rings. The van der Waals surface area contributed by atoms with Crippen molar-refractivity contribution in [2.45, 2.75) is 45.4 Å². The Bertz CT molecular complexity index is 862. The zero-order valence-corrected chi connectivity index (χ0v) is 16.2. The smallest absolute Gasteiger partial charge is 0.225 e. The predicted molar refractivity (Wildman–Crippen MR) is 103 cm³/mol. The number of hydrogen-bond acceptors (Lipinski definition) is 5. The minimum Gasteiger partial charge on any atom is -0.341 e. The van der Waals surface area contributed by atoms with Gasteiger partial charge in [-0.25, -0.2) is 23.1 Å². The van der Waals surface area contributed by atoms with E-state index in [0.717, 1.165) is 42.8 Å². The zero-order chi connectivity index (χ0) is 18.6. The molecule has 0 spiro atoms. The van der Waals surface area contributed by atoms with Crippen molar-refractivity contribution in [3.05, 3.63) is 52.8 Å². The van der Waals surface area contributed by atoms with Crippen LogP contribution < -0.4 is 9.62 Å². The largest absolute Gasteiger partial charge is 0.341 e. The summed E-state index contributed by atoms with van der Waals surface area (Å²) in [5.41, 5.74) is 3.39. The Kier molecular flexibility index (Phi) is 5.88. The summed E-state index contributed by atoms with van der Waals surface area (Å²) < 4.78 is 27.4. The average molecular weight is 375 g/mol. The van der Waals surface area contributed by atoms with Crippen LogP contribution in [0.1, 0.15) is 41.8 Å². The first-order valence-corrected chi connectivity index (χ1v) is 10.7. The van der Waals surface area contributed by atoms with Crippen LogP contribution in [0, 0.1) is 13.8 Å². The van der Waals surface area contributed by atoms with Gasteiger partial charge in [-0.1, -0.05) is 29.8 Å². The Morgan fingerprint density at radius 2 is 1.85 bits per heavy atom. The lowest BCUT2D eigenvalue weighted by Gasteiger charge is -2.27. The van der Waals surface area contributed by atoms with E-state index in [9.17, 15) is 8.42 Å². The fourth-order valence-corrected chi connectivity index (χ4v) is 4.29. The Hall–Kier alpha value is -1.99. The third-order valence-electron chi connectivity index (χ3n) is 4.45. The monoisotopic (exact) mass is 374 g/mol. The number of piperidine rings is 1. The lowest BCUT2D eigenvalue weighted by Crippen LogP contribution is -2.32. The Morgan fingerprint density at radius 1 is 1.08 bits per heavy atom. The standard InChI is InChI=1S/C19H26N4O2S/c1-15-7-6-8-17(11-15)14-26(24,25)20-13-18-12-16(2)21-19(22-18)23-9-4-3-5-10-23/h6-8,11-12,20H,3-5,9-10,13-14H2,1-2H3. The molecule has 0 atom stereocenters. The molecule has 26 heavy (non-hydrogen) atoms. The molecule has 1 N–H and O–H groups in total. The van der Waals surface area contributed by atoms with Gasteiger partial charge in [0.05, 0.1) is 18.0 Å². The van der Waals surface area contributed by atoms with Gasteiger partial charge in [0, 0.05) is 18.8 Å². The van der Waals surface area contributed by atoms with E-state index in [1.807, 2.05) is 44.2 Å². The van der Waals surface area contributed by atoms with E-state index >= 15 is 0 Å². The lowest BCUT2D eigenvalue weighted by molar-refractivity contribution is 0.565. The molecule has 1 aliphatic heterocycles. The van der Waals surface area contributed by atoms with E-state index in [1.165, 1.54) is 6.42 Å². The summed E-state index contributed by atoms with van der Waals surface area (Å²) in [6.07, 6.45) is 3.54. The summed E-state index contributed by atoms with van der Waals surface area (Å²) in [6, 6.07) is 9.38. The van der Waals surface area contributed by atoms with Crippen molar-refractivity contribution in [2.24, 2.45) is 0 Å².